The minimum Gasteiger partial charge on any atom is -0.379 e. The fourth-order valence-electron chi connectivity index (χ4n) is 3.09. The Morgan fingerprint density at radius 3 is 2.64 bits per heavy atom. The lowest BCUT2D eigenvalue weighted by atomic mass is 10.1. The van der Waals surface area contributed by atoms with Crippen molar-refractivity contribution in [3.8, 4) is 0 Å². The van der Waals surface area contributed by atoms with E-state index in [1.807, 2.05) is 25.1 Å². The van der Waals surface area contributed by atoms with Gasteiger partial charge in [0.25, 0.3) is 0 Å². The van der Waals surface area contributed by atoms with Crippen LogP contribution in [0.5, 0.6) is 0 Å². The van der Waals surface area contributed by atoms with Crippen LogP contribution in [0.1, 0.15) is 25.0 Å². The van der Waals surface area contributed by atoms with E-state index >= 15 is 0 Å². The quantitative estimate of drug-likeness (QED) is 0.322. The molecule has 2 N–H and O–H groups in total. The van der Waals surface area contributed by atoms with Crippen LogP contribution in [0.4, 0.5) is 4.39 Å². The zero-order valence-corrected chi connectivity index (χ0v) is 19.8. The third-order valence-corrected chi connectivity index (χ3v) is 4.59. The van der Waals surface area contributed by atoms with Crippen molar-refractivity contribution in [1.29, 1.82) is 0 Å². The topological polar surface area (TPSA) is 52.1 Å². The Kier molecular flexibility index (Phi) is 11.9. The van der Waals surface area contributed by atoms with Crippen molar-refractivity contribution < 1.29 is 9.13 Å². The van der Waals surface area contributed by atoms with Gasteiger partial charge in [-0.05, 0) is 45.6 Å². The number of nitrogens with zero attached hydrogens (tertiary/aromatic N) is 3. The first-order valence-electron chi connectivity index (χ1n) is 9.75. The molecule has 0 spiro atoms. The summed E-state index contributed by atoms with van der Waals surface area (Å²) in [6.45, 7) is 10.5. The molecule has 0 amide bonds. The summed E-state index contributed by atoms with van der Waals surface area (Å²) in [7, 11) is 3.88. The maximum atomic E-state index is 13.9. The number of aliphatic imine (C=N–C) groups is 1. The van der Waals surface area contributed by atoms with E-state index < -0.39 is 0 Å². The summed E-state index contributed by atoms with van der Waals surface area (Å²) >= 11 is 0. The van der Waals surface area contributed by atoms with E-state index in [1.54, 1.807) is 6.07 Å². The molecule has 1 unspecified atom stereocenters. The Hall–Kier alpha value is -0.970. The Morgan fingerprint density at radius 1 is 1.29 bits per heavy atom. The van der Waals surface area contributed by atoms with Crippen molar-refractivity contribution in [2.24, 2.45) is 4.99 Å². The molecule has 28 heavy (non-hydrogen) atoms. The van der Waals surface area contributed by atoms with Crippen LogP contribution in [0, 0.1) is 5.82 Å². The highest BCUT2D eigenvalue weighted by molar-refractivity contribution is 14.0. The van der Waals surface area contributed by atoms with Gasteiger partial charge in [0.2, 0.25) is 0 Å². The Balaban J connectivity index is 0.00000392. The number of guanidine groups is 1. The number of hydrogen-bond donors (Lipinski definition) is 2. The number of nitrogens with one attached hydrogen (secondary N) is 2. The van der Waals surface area contributed by atoms with Crippen LogP contribution in [0.25, 0.3) is 0 Å². The van der Waals surface area contributed by atoms with E-state index in [9.17, 15) is 4.39 Å². The molecule has 160 valence electrons. The van der Waals surface area contributed by atoms with Crippen molar-refractivity contribution in [3.63, 3.8) is 0 Å². The van der Waals surface area contributed by atoms with Crippen molar-refractivity contribution in [2.75, 3.05) is 53.5 Å². The smallest absolute Gasteiger partial charge is 0.191 e. The highest BCUT2D eigenvalue weighted by atomic mass is 127. The summed E-state index contributed by atoms with van der Waals surface area (Å²) in [5.74, 6) is 0.622. The molecule has 1 saturated heterocycles. The zero-order valence-electron chi connectivity index (χ0n) is 17.5. The average molecular weight is 507 g/mol. The molecule has 8 heteroatoms. The van der Waals surface area contributed by atoms with E-state index in [0.29, 0.717) is 24.7 Å². The Bertz CT molecular complexity index is 608. The van der Waals surface area contributed by atoms with Gasteiger partial charge in [-0.2, -0.15) is 0 Å². The first-order valence-corrected chi connectivity index (χ1v) is 9.75. The van der Waals surface area contributed by atoms with E-state index in [0.717, 1.165) is 50.9 Å². The number of ether oxygens (including phenoxy) is 1. The van der Waals surface area contributed by atoms with Gasteiger partial charge < -0.3 is 20.3 Å². The lowest BCUT2D eigenvalue weighted by molar-refractivity contribution is 0.0211. The van der Waals surface area contributed by atoms with Crippen LogP contribution >= 0.6 is 24.0 Å². The van der Waals surface area contributed by atoms with E-state index in [2.05, 4.69) is 34.4 Å². The molecule has 1 heterocycles. The molecule has 1 fully saturated rings. The van der Waals surface area contributed by atoms with Crippen LogP contribution in [-0.2, 0) is 17.8 Å². The standard InChI is InChI=1S/C20H34FN5O.HI/c1-5-22-20(23-13-16(2)26-8-10-27-11-9-26)24-14-17-6-7-19(21)18(12-17)15-25(3)4;/h6-7,12,16H,5,8-11,13-15H2,1-4H3,(H2,22,23,24);1H. The molecule has 0 aliphatic carbocycles. The van der Waals surface area contributed by atoms with Crippen LogP contribution in [-0.4, -0.2) is 75.3 Å². The maximum absolute atomic E-state index is 13.9. The maximum Gasteiger partial charge on any atom is 0.191 e. The summed E-state index contributed by atoms with van der Waals surface area (Å²) < 4.78 is 19.4. The van der Waals surface area contributed by atoms with Gasteiger partial charge in [-0.15, -0.1) is 24.0 Å². The monoisotopic (exact) mass is 507 g/mol. The van der Waals surface area contributed by atoms with E-state index in [4.69, 9.17) is 4.74 Å². The fraction of sp³-hybridized carbons (Fsp3) is 0.650. The second kappa shape index (κ2) is 13.3. The van der Waals surface area contributed by atoms with Gasteiger partial charge in [-0.25, -0.2) is 9.38 Å². The summed E-state index contributed by atoms with van der Waals surface area (Å²) in [6, 6.07) is 5.65. The first kappa shape index (κ1) is 25.1. The van der Waals surface area contributed by atoms with Crippen molar-refractivity contribution in [1.82, 2.24) is 20.4 Å². The molecule has 0 saturated carbocycles. The van der Waals surface area contributed by atoms with Crippen molar-refractivity contribution in [3.05, 3.63) is 35.1 Å². The molecule has 1 aromatic carbocycles. The van der Waals surface area contributed by atoms with Gasteiger partial charge in [0.05, 0.1) is 19.8 Å². The molecule has 1 aliphatic heterocycles. The normalized spacial score (nSPS) is 16.6. The third kappa shape index (κ3) is 8.59. The van der Waals surface area contributed by atoms with Crippen LogP contribution in [0.2, 0.25) is 0 Å². The highest BCUT2D eigenvalue weighted by Crippen LogP contribution is 2.13. The van der Waals surface area contributed by atoms with Crippen molar-refractivity contribution in [2.45, 2.75) is 33.0 Å². The lowest BCUT2D eigenvalue weighted by Crippen LogP contribution is -2.49. The number of benzene rings is 1. The largest absolute Gasteiger partial charge is 0.379 e. The summed E-state index contributed by atoms with van der Waals surface area (Å²) in [6.07, 6.45) is 0. The molecule has 6 nitrogen and oxygen atoms in total. The molecular weight excluding hydrogens is 472 g/mol. The summed E-state index contributed by atoms with van der Waals surface area (Å²) in [4.78, 5) is 9.05. The second-order valence-corrected chi connectivity index (χ2v) is 7.24. The van der Waals surface area contributed by atoms with E-state index in [1.165, 1.54) is 6.07 Å². The number of morpholine rings is 1. The van der Waals surface area contributed by atoms with Gasteiger partial charge in [0, 0.05) is 44.3 Å². The van der Waals surface area contributed by atoms with Crippen molar-refractivity contribution >= 4 is 29.9 Å². The van der Waals surface area contributed by atoms with Gasteiger partial charge in [0.1, 0.15) is 5.82 Å². The fourth-order valence-corrected chi connectivity index (χ4v) is 3.09. The highest BCUT2D eigenvalue weighted by Gasteiger charge is 2.17. The zero-order chi connectivity index (χ0) is 19.6. The predicted molar refractivity (Wildman–Crippen MR) is 124 cm³/mol. The third-order valence-electron chi connectivity index (χ3n) is 4.59. The predicted octanol–water partition coefficient (Wildman–Crippen LogP) is 2.28. The molecule has 0 aromatic heterocycles. The Labute approximate surface area is 185 Å². The van der Waals surface area contributed by atoms with Crippen LogP contribution < -0.4 is 10.6 Å². The number of rotatable bonds is 8. The minimum absolute atomic E-state index is 0. The summed E-state index contributed by atoms with van der Waals surface area (Å²) in [5.41, 5.74) is 1.71. The molecule has 1 aromatic rings. The molecule has 0 bridgehead atoms. The first-order chi connectivity index (χ1) is 13.0. The molecular formula is C20H35FIN5O. The summed E-state index contributed by atoms with van der Waals surface area (Å²) in [5, 5.41) is 6.70. The van der Waals surface area contributed by atoms with Gasteiger partial charge in [-0.1, -0.05) is 6.07 Å². The lowest BCUT2D eigenvalue weighted by Gasteiger charge is -2.32. The van der Waals surface area contributed by atoms with Gasteiger partial charge >= 0.3 is 0 Å². The molecule has 2 rings (SSSR count). The minimum atomic E-state index is -0.166. The van der Waals surface area contributed by atoms with Crippen LogP contribution in [0.15, 0.2) is 23.2 Å². The van der Waals surface area contributed by atoms with Gasteiger partial charge in [-0.3, -0.25) is 4.90 Å². The van der Waals surface area contributed by atoms with Crippen LogP contribution in [0.3, 0.4) is 0 Å². The molecule has 1 atom stereocenters. The average Bonchev–Trinajstić information content (AvgIpc) is 2.66. The molecule has 0 radical (unpaired) electrons. The number of hydrogen-bond acceptors (Lipinski definition) is 4. The Morgan fingerprint density at radius 2 is 2.00 bits per heavy atom. The number of halogens is 2. The van der Waals surface area contributed by atoms with E-state index in [-0.39, 0.29) is 29.8 Å². The molecule has 1 aliphatic rings. The SMILES string of the molecule is CCNC(=NCc1ccc(F)c(CN(C)C)c1)NCC(C)N1CCOCC1.I. The second-order valence-electron chi connectivity index (χ2n) is 7.24. The van der Waals surface area contributed by atoms with Gasteiger partial charge in [0.15, 0.2) is 5.96 Å².